The first kappa shape index (κ1) is 18.0. The van der Waals surface area contributed by atoms with Crippen LogP contribution in [-0.2, 0) is 10.0 Å². The lowest BCUT2D eigenvalue weighted by molar-refractivity contribution is 0.594. The summed E-state index contributed by atoms with van der Waals surface area (Å²) in [5, 5.41) is 0.737. The minimum Gasteiger partial charge on any atom is -0.277 e. The standard InChI is InChI=1S/C16H14F2N2O2S3/c1-8-9(2)24-16(19-8)14-7-15(10(3)23-14)25(21,22)20-13-6-11(17)4-5-12(13)18/h4-7,20H,1-3H3. The number of nitrogens with zero attached hydrogens (tertiary/aromatic N) is 1. The molecule has 0 aliphatic carbocycles. The molecule has 0 aliphatic heterocycles. The van der Waals surface area contributed by atoms with Crippen molar-refractivity contribution in [3.8, 4) is 9.88 Å². The van der Waals surface area contributed by atoms with Crippen molar-refractivity contribution in [2.45, 2.75) is 25.7 Å². The van der Waals surface area contributed by atoms with E-state index in [0.717, 1.165) is 38.7 Å². The monoisotopic (exact) mass is 400 g/mol. The van der Waals surface area contributed by atoms with Gasteiger partial charge in [-0.05, 0) is 39.0 Å². The fraction of sp³-hybridized carbons (Fsp3) is 0.188. The number of hydrogen-bond acceptors (Lipinski definition) is 5. The summed E-state index contributed by atoms with van der Waals surface area (Å²) in [5.41, 5.74) is 0.475. The molecule has 132 valence electrons. The number of rotatable bonds is 4. The number of halogens is 2. The second kappa shape index (κ2) is 6.47. The molecule has 0 bridgehead atoms. The van der Waals surface area contributed by atoms with E-state index in [4.69, 9.17) is 0 Å². The Morgan fingerprint density at radius 3 is 2.40 bits per heavy atom. The van der Waals surface area contributed by atoms with Gasteiger partial charge in [0.1, 0.15) is 21.5 Å². The van der Waals surface area contributed by atoms with Gasteiger partial charge < -0.3 is 0 Å². The van der Waals surface area contributed by atoms with Crippen LogP contribution in [0.15, 0.2) is 29.2 Å². The first-order chi connectivity index (χ1) is 11.7. The van der Waals surface area contributed by atoms with Gasteiger partial charge in [0.2, 0.25) is 0 Å². The van der Waals surface area contributed by atoms with Crippen molar-refractivity contribution in [1.29, 1.82) is 0 Å². The van der Waals surface area contributed by atoms with Gasteiger partial charge in [-0.15, -0.1) is 22.7 Å². The highest BCUT2D eigenvalue weighted by atomic mass is 32.2. The molecule has 2 heterocycles. The molecule has 0 spiro atoms. The fourth-order valence-electron chi connectivity index (χ4n) is 2.19. The van der Waals surface area contributed by atoms with E-state index in [1.165, 1.54) is 28.7 Å². The Balaban J connectivity index is 1.99. The Hall–Kier alpha value is -1.84. The molecular formula is C16H14F2N2O2S3. The van der Waals surface area contributed by atoms with Crippen LogP contribution in [0.1, 0.15) is 15.4 Å². The second-order valence-electron chi connectivity index (χ2n) is 5.42. The number of hydrogen-bond donors (Lipinski definition) is 1. The summed E-state index contributed by atoms with van der Waals surface area (Å²) in [6.07, 6.45) is 0. The summed E-state index contributed by atoms with van der Waals surface area (Å²) >= 11 is 2.78. The number of nitrogens with one attached hydrogen (secondary N) is 1. The zero-order valence-electron chi connectivity index (χ0n) is 13.6. The molecule has 0 aliphatic rings. The van der Waals surface area contributed by atoms with Crippen molar-refractivity contribution in [2.24, 2.45) is 0 Å². The van der Waals surface area contributed by atoms with Crippen LogP contribution < -0.4 is 4.72 Å². The van der Waals surface area contributed by atoms with Gasteiger partial charge in [-0.2, -0.15) is 0 Å². The maximum absolute atomic E-state index is 13.7. The smallest absolute Gasteiger partial charge is 0.263 e. The van der Waals surface area contributed by atoms with Crippen molar-refractivity contribution in [3.63, 3.8) is 0 Å². The van der Waals surface area contributed by atoms with E-state index >= 15 is 0 Å². The third-order valence-corrected chi connectivity index (χ3v) is 7.49. The lowest BCUT2D eigenvalue weighted by atomic mass is 10.3. The van der Waals surface area contributed by atoms with Crippen molar-refractivity contribution in [1.82, 2.24) is 4.98 Å². The SMILES string of the molecule is Cc1nc(-c2cc(S(=O)(=O)Nc3cc(F)ccc3F)c(C)s2)sc1C. The molecule has 1 aromatic carbocycles. The molecule has 0 unspecified atom stereocenters. The van der Waals surface area contributed by atoms with E-state index in [9.17, 15) is 17.2 Å². The van der Waals surface area contributed by atoms with Crippen molar-refractivity contribution in [3.05, 3.63) is 51.3 Å². The van der Waals surface area contributed by atoms with Crippen LogP contribution in [-0.4, -0.2) is 13.4 Å². The molecule has 3 aromatic rings. The van der Waals surface area contributed by atoms with Gasteiger partial charge in [0.05, 0.1) is 16.3 Å². The Labute approximate surface area is 152 Å². The molecule has 0 saturated heterocycles. The van der Waals surface area contributed by atoms with E-state index in [1.807, 2.05) is 13.8 Å². The van der Waals surface area contributed by atoms with Gasteiger partial charge in [0.25, 0.3) is 10.0 Å². The predicted molar refractivity (Wildman–Crippen MR) is 96.8 cm³/mol. The zero-order valence-corrected chi connectivity index (χ0v) is 16.0. The Morgan fingerprint density at radius 2 is 1.76 bits per heavy atom. The molecular weight excluding hydrogens is 386 g/mol. The summed E-state index contributed by atoms with van der Waals surface area (Å²) in [7, 11) is -4.04. The Kier molecular flexibility index (Phi) is 4.65. The van der Waals surface area contributed by atoms with Crippen LogP contribution in [0.4, 0.5) is 14.5 Å². The molecule has 0 fully saturated rings. The normalized spacial score (nSPS) is 11.7. The number of benzene rings is 1. The van der Waals surface area contributed by atoms with E-state index in [-0.39, 0.29) is 4.90 Å². The lowest BCUT2D eigenvalue weighted by Crippen LogP contribution is -2.14. The van der Waals surface area contributed by atoms with Gasteiger partial charge in [-0.1, -0.05) is 0 Å². The summed E-state index contributed by atoms with van der Waals surface area (Å²) in [5.74, 6) is -1.57. The van der Waals surface area contributed by atoms with Crippen LogP contribution in [0, 0.1) is 32.4 Å². The highest BCUT2D eigenvalue weighted by molar-refractivity contribution is 7.93. The lowest BCUT2D eigenvalue weighted by Gasteiger charge is -2.08. The summed E-state index contributed by atoms with van der Waals surface area (Å²) in [6.45, 7) is 5.50. The molecule has 25 heavy (non-hydrogen) atoms. The third kappa shape index (κ3) is 3.58. The highest BCUT2D eigenvalue weighted by Gasteiger charge is 2.23. The first-order valence-electron chi connectivity index (χ1n) is 7.20. The second-order valence-corrected chi connectivity index (χ2v) is 9.53. The fourth-order valence-corrected chi connectivity index (χ4v) is 5.80. The number of thiazole rings is 1. The molecule has 4 nitrogen and oxygen atoms in total. The Bertz CT molecular complexity index is 1040. The largest absolute Gasteiger partial charge is 0.277 e. The average Bonchev–Trinajstić information content (AvgIpc) is 3.07. The molecule has 9 heteroatoms. The first-order valence-corrected chi connectivity index (χ1v) is 10.3. The Morgan fingerprint density at radius 1 is 1.04 bits per heavy atom. The maximum atomic E-state index is 13.7. The van der Waals surface area contributed by atoms with Crippen molar-refractivity contribution < 1.29 is 17.2 Å². The summed E-state index contributed by atoms with van der Waals surface area (Å²) in [6, 6.07) is 4.12. The van der Waals surface area contributed by atoms with Crippen LogP contribution in [0.25, 0.3) is 9.88 Å². The zero-order chi connectivity index (χ0) is 18.4. The van der Waals surface area contributed by atoms with Gasteiger partial charge in [-0.3, -0.25) is 4.72 Å². The molecule has 3 rings (SSSR count). The van der Waals surface area contributed by atoms with Crippen molar-refractivity contribution >= 4 is 38.4 Å². The number of anilines is 1. The predicted octanol–water partition coefficient (Wildman–Crippen LogP) is 4.88. The minimum atomic E-state index is -4.04. The number of sulfonamides is 1. The van der Waals surface area contributed by atoms with Crippen LogP contribution in [0.3, 0.4) is 0 Å². The van der Waals surface area contributed by atoms with Crippen molar-refractivity contribution in [2.75, 3.05) is 4.72 Å². The molecule has 0 saturated carbocycles. The molecule has 0 radical (unpaired) electrons. The maximum Gasteiger partial charge on any atom is 0.263 e. The number of aryl methyl sites for hydroxylation is 3. The van der Waals surface area contributed by atoms with Gasteiger partial charge in [-0.25, -0.2) is 22.2 Å². The van der Waals surface area contributed by atoms with Gasteiger partial charge in [0, 0.05) is 15.8 Å². The molecule has 1 N–H and O–H groups in total. The summed E-state index contributed by atoms with van der Waals surface area (Å²) < 4.78 is 54.3. The molecule has 0 atom stereocenters. The van der Waals surface area contributed by atoms with E-state index < -0.39 is 27.3 Å². The quantitative estimate of drug-likeness (QED) is 0.679. The summed E-state index contributed by atoms with van der Waals surface area (Å²) in [4.78, 5) is 6.79. The topological polar surface area (TPSA) is 59.1 Å². The number of aromatic nitrogens is 1. The van der Waals surface area contributed by atoms with Crippen LogP contribution in [0.5, 0.6) is 0 Å². The third-order valence-electron chi connectivity index (χ3n) is 3.57. The number of thiophene rings is 1. The van der Waals surface area contributed by atoms with Gasteiger partial charge in [0.15, 0.2) is 0 Å². The van der Waals surface area contributed by atoms with E-state index in [1.54, 1.807) is 6.92 Å². The molecule has 0 amide bonds. The van der Waals surface area contributed by atoms with Crippen LogP contribution in [0.2, 0.25) is 0 Å². The minimum absolute atomic E-state index is 0.0293. The molecule has 2 aromatic heterocycles. The van der Waals surface area contributed by atoms with Crippen LogP contribution >= 0.6 is 22.7 Å². The average molecular weight is 400 g/mol. The highest BCUT2D eigenvalue weighted by Crippen LogP contribution is 2.37. The van der Waals surface area contributed by atoms with E-state index in [2.05, 4.69) is 9.71 Å². The van der Waals surface area contributed by atoms with Gasteiger partial charge >= 0.3 is 0 Å². The van der Waals surface area contributed by atoms with E-state index in [0.29, 0.717) is 4.88 Å².